The maximum Gasteiger partial charge on any atom is 0.256 e. The maximum absolute atomic E-state index is 13.9. The third-order valence-electron chi connectivity index (χ3n) is 4.20. The fourth-order valence-electron chi connectivity index (χ4n) is 2.64. The molecular weight excluding hydrogens is 269 g/mol. The predicted molar refractivity (Wildman–Crippen MR) is 83.2 cm³/mol. The summed E-state index contributed by atoms with van der Waals surface area (Å²) in [6, 6.07) is 4.65. The van der Waals surface area contributed by atoms with Gasteiger partial charge in [-0.15, -0.1) is 0 Å². The lowest BCUT2D eigenvalue weighted by Crippen LogP contribution is -2.58. The Hall–Kier alpha value is -1.62. The number of anilines is 1. The largest absolute Gasteiger partial charge is 0.382 e. The second kappa shape index (κ2) is 6.02. The normalized spacial score (nSPS) is 18.6. The molecule has 0 spiro atoms. The monoisotopic (exact) mass is 293 g/mol. The van der Waals surface area contributed by atoms with Crippen LogP contribution in [0.5, 0.6) is 0 Å². The number of nitrogens with zero attached hydrogens (tertiary/aromatic N) is 2. The van der Waals surface area contributed by atoms with Crippen LogP contribution in [0.4, 0.5) is 10.1 Å². The van der Waals surface area contributed by atoms with Crippen molar-refractivity contribution in [2.45, 2.75) is 26.3 Å². The van der Waals surface area contributed by atoms with Crippen LogP contribution in [0, 0.1) is 5.82 Å². The molecule has 0 aromatic heterocycles. The van der Waals surface area contributed by atoms with Crippen molar-refractivity contribution in [1.29, 1.82) is 0 Å². The highest BCUT2D eigenvalue weighted by Crippen LogP contribution is 2.25. The molecule has 5 heteroatoms. The van der Waals surface area contributed by atoms with Crippen molar-refractivity contribution in [3.8, 4) is 0 Å². The first-order valence-electron chi connectivity index (χ1n) is 7.39. The SMILES string of the molecule is CCNc1c(F)cccc1C(=O)N1CCN(C)C(C)(C)C1. The van der Waals surface area contributed by atoms with Gasteiger partial charge in [-0.25, -0.2) is 4.39 Å². The molecule has 0 aliphatic carbocycles. The second-order valence-corrected chi connectivity index (χ2v) is 6.15. The van der Waals surface area contributed by atoms with Crippen LogP contribution in [0.3, 0.4) is 0 Å². The molecule has 4 nitrogen and oxygen atoms in total. The lowest BCUT2D eigenvalue weighted by molar-refractivity contribution is 0.0312. The summed E-state index contributed by atoms with van der Waals surface area (Å²) in [5, 5.41) is 2.96. The molecule has 1 aromatic carbocycles. The summed E-state index contributed by atoms with van der Waals surface area (Å²) in [5.74, 6) is -0.484. The van der Waals surface area contributed by atoms with Crippen LogP contribution in [-0.4, -0.2) is 54.5 Å². The molecule has 1 amide bonds. The first-order valence-corrected chi connectivity index (χ1v) is 7.39. The molecule has 0 atom stereocenters. The zero-order valence-electron chi connectivity index (χ0n) is 13.2. The van der Waals surface area contributed by atoms with E-state index in [9.17, 15) is 9.18 Å². The van der Waals surface area contributed by atoms with E-state index >= 15 is 0 Å². The van der Waals surface area contributed by atoms with Gasteiger partial charge in [0.2, 0.25) is 0 Å². The molecule has 0 bridgehead atoms. The van der Waals surface area contributed by atoms with Crippen LogP contribution in [0.2, 0.25) is 0 Å². The smallest absolute Gasteiger partial charge is 0.256 e. The molecule has 21 heavy (non-hydrogen) atoms. The number of carbonyl (C=O) groups is 1. The number of hydrogen-bond acceptors (Lipinski definition) is 3. The van der Waals surface area contributed by atoms with E-state index in [1.807, 2.05) is 11.8 Å². The maximum atomic E-state index is 13.9. The fourth-order valence-corrected chi connectivity index (χ4v) is 2.64. The van der Waals surface area contributed by atoms with Crippen LogP contribution in [0.15, 0.2) is 18.2 Å². The van der Waals surface area contributed by atoms with Gasteiger partial charge in [-0.1, -0.05) is 6.07 Å². The lowest BCUT2D eigenvalue weighted by Gasteiger charge is -2.45. The van der Waals surface area contributed by atoms with E-state index in [0.29, 0.717) is 30.9 Å². The first kappa shape index (κ1) is 15.8. The minimum Gasteiger partial charge on any atom is -0.382 e. The summed E-state index contributed by atoms with van der Waals surface area (Å²) in [7, 11) is 2.06. The number of piperazine rings is 1. The summed E-state index contributed by atoms with van der Waals surface area (Å²) < 4.78 is 13.9. The summed E-state index contributed by atoms with van der Waals surface area (Å²) in [4.78, 5) is 16.8. The minimum absolute atomic E-state index is 0.0699. The molecule has 1 heterocycles. The van der Waals surface area contributed by atoms with Crippen LogP contribution < -0.4 is 5.32 Å². The van der Waals surface area contributed by atoms with Gasteiger partial charge >= 0.3 is 0 Å². The van der Waals surface area contributed by atoms with E-state index in [-0.39, 0.29) is 17.3 Å². The average Bonchev–Trinajstić information content (AvgIpc) is 2.43. The summed E-state index contributed by atoms with van der Waals surface area (Å²) in [6.45, 7) is 8.83. The Labute approximate surface area is 125 Å². The number of benzene rings is 1. The van der Waals surface area contributed by atoms with E-state index in [1.54, 1.807) is 12.1 Å². The molecule has 1 aliphatic rings. The van der Waals surface area contributed by atoms with Gasteiger partial charge in [-0.2, -0.15) is 0 Å². The van der Waals surface area contributed by atoms with Crippen LogP contribution in [0.25, 0.3) is 0 Å². The van der Waals surface area contributed by atoms with E-state index < -0.39 is 0 Å². The lowest BCUT2D eigenvalue weighted by atomic mass is 9.99. The highest BCUT2D eigenvalue weighted by molar-refractivity contribution is 5.99. The molecular formula is C16H24FN3O. The Morgan fingerprint density at radius 2 is 2.10 bits per heavy atom. The van der Waals surface area contributed by atoms with Crippen molar-refractivity contribution in [1.82, 2.24) is 9.80 Å². The molecule has 1 fully saturated rings. The van der Waals surface area contributed by atoms with Crippen molar-refractivity contribution in [3.63, 3.8) is 0 Å². The number of nitrogens with one attached hydrogen (secondary N) is 1. The van der Waals surface area contributed by atoms with E-state index in [1.165, 1.54) is 6.07 Å². The Morgan fingerprint density at radius 1 is 1.38 bits per heavy atom. The molecule has 2 rings (SSSR count). The van der Waals surface area contributed by atoms with Gasteiger partial charge in [0.1, 0.15) is 5.82 Å². The van der Waals surface area contributed by atoms with Gasteiger partial charge in [0.25, 0.3) is 5.91 Å². The Bertz CT molecular complexity index is 530. The average molecular weight is 293 g/mol. The highest BCUT2D eigenvalue weighted by atomic mass is 19.1. The number of amides is 1. The number of rotatable bonds is 3. The third kappa shape index (κ3) is 3.18. The van der Waals surface area contributed by atoms with E-state index in [4.69, 9.17) is 0 Å². The Morgan fingerprint density at radius 3 is 2.71 bits per heavy atom. The van der Waals surface area contributed by atoms with Crippen LogP contribution >= 0.6 is 0 Å². The molecule has 1 aliphatic heterocycles. The Kier molecular flexibility index (Phi) is 4.52. The molecule has 1 N–H and O–H groups in total. The van der Waals surface area contributed by atoms with Gasteiger partial charge in [0.05, 0.1) is 11.3 Å². The first-order chi connectivity index (χ1) is 9.86. The molecule has 0 unspecified atom stereocenters. The molecule has 116 valence electrons. The quantitative estimate of drug-likeness (QED) is 0.929. The van der Waals surface area contributed by atoms with Gasteiger partial charge in [-0.05, 0) is 40.0 Å². The second-order valence-electron chi connectivity index (χ2n) is 6.15. The van der Waals surface area contributed by atoms with Crippen molar-refractivity contribution in [2.75, 3.05) is 38.5 Å². The third-order valence-corrected chi connectivity index (χ3v) is 4.20. The van der Waals surface area contributed by atoms with Crippen LogP contribution in [0.1, 0.15) is 31.1 Å². The van der Waals surface area contributed by atoms with Crippen molar-refractivity contribution in [2.24, 2.45) is 0 Å². The standard InChI is InChI=1S/C16H24FN3O/c1-5-18-14-12(7-6-8-13(14)17)15(21)20-10-9-19(4)16(2,3)11-20/h6-8,18H,5,9-11H2,1-4H3. The minimum atomic E-state index is -0.379. The van der Waals surface area contributed by atoms with Crippen LogP contribution in [-0.2, 0) is 0 Å². The number of halogens is 1. The molecule has 1 aromatic rings. The summed E-state index contributed by atoms with van der Waals surface area (Å²) in [5.41, 5.74) is 0.651. The van der Waals surface area contributed by atoms with Crippen molar-refractivity contribution < 1.29 is 9.18 Å². The van der Waals surface area contributed by atoms with Gasteiger partial charge in [0, 0.05) is 31.7 Å². The van der Waals surface area contributed by atoms with Crippen molar-refractivity contribution in [3.05, 3.63) is 29.6 Å². The summed E-state index contributed by atoms with van der Waals surface area (Å²) in [6.07, 6.45) is 0. The number of likely N-dealkylation sites (N-methyl/N-ethyl adjacent to an activating group) is 1. The number of para-hydroxylation sites is 1. The topological polar surface area (TPSA) is 35.6 Å². The zero-order chi connectivity index (χ0) is 15.6. The Balaban J connectivity index is 2.27. The van der Waals surface area contributed by atoms with E-state index in [0.717, 1.165) is 6.54 Å². The number of carbonyl (C=O) groups excluding carboxylic acids is 1. The predicted octanol–water partition coefficient (Wildman–Crippen LogP) is 2.42. The molecule has 0 radical (unpaired) electrons. The number of hydrogen-bond donors (Lipinski definition) is 1. The van der Waals surface area contributed by atoms with Gasteiger partial charge in [0.15, 0.2) is 0 Å². The molecule has 0 saturated carbocycles. The fraction of sp³-hybridized carbons (Fsp3) is 0.562. The van der Waals surface area contributed by atoms with Crippen molar-refractivity contribution >= 4 is 11.6 Å². The summed E-state index contributed by atoms with van der Waals surface area (Å²) >= 11 is 0. The highest BCUT2D eigenvalue weighted by Gasteiger charge is 2.34. The zero-order valence-corrected chi connectivity index (χ0v) is 13.2. The molecule has 1 saturated heterocycles. The van der Waals surface area contributed by atoms with Gasteiger partial charge < -0.3 is 10.2 Å². The van der Waals surface area contributed by atoms with Gasteiger partial charge in [-0.3, -0.25) is 9.69 Å². The van der Waals surface area contributed by atoms with E-state index in [2.05, 4.69) is 31.1 Å².